The average Bonchev–Trinajstić information content (AvgIpc) is 3.54. The van der Waals surface area contributed by atoms with E-state index in [0.717, 1.165) is 50.1 Å². The monoisotopic (exact) mass is 603 g/mol. The van der Waals surface area contributed by atoms with Crippen molar-refractivity contribution in [3.63, 3.8) is 0 Å². The number of hydrogen-bond acceptors (Lipinski definition) is 4. The smallest absolute Gasteiger partial charge is 0.164 e. The van der Waals surface area contributed by atoms with E-state index in [1.165, 1.54) is 10.9 Å². The summed E-state index contributed by atoms with van der Waals surface area (Å²) in [6, 6.07) is 48.5. The fourth-order valence-corrected chi connectivity index (χ4v) is 6.79. The van der Waals surface area contributed by atoms with Gasteiger partial charge in [-0.1, -0.05) is 140 Å². The normalized spacial score (nSPS) is 16.1. The van der Waals surface area contributed by atoms with Crippen LogP contribution in [0.15, 0.2) is 164 Å². The van der Waals surface area contributed by atoms with E-state index >= 15 is 0 Å². The highest BCUT2D eigenvalue weighted by atomic mass is 16.5. The van der Waals surface area contributed by atoms with E-state index in [1.54, 1.807) is 0 Å². The van der Waals surface area contributed by atoms with Gasteiger partial charge in [-0.05, 0) is 57.3 Å². The predicted molar refractivity (Wildman–Crippen MR) is 190 cm³/mol. The Morgan fingerprint density at radius 3 is 1.89 bits per heavy atom. The van der Waals surface area contributed by atoms with Crippen LogP contribution in [0.25, 0.3) is 67.2 Å². The Labute approximate surface area is 273 Å². The van der Waals surface area contributed by atoms with Crippen molar-refractivity contribution in [2.75, 3.05) is 0 Å². The van der Waals surface area contributed by atoms with Crippen LogP contribution in [0.2, 0.25) is 0 Å². The lowest BCUT2D eigenvalue weighted by Gasteiger charge is -2.16. The standard InChI is InChI=1S/C43H29N3O/c1-3-12-28(13-4-1)29-22-24-31(25-23-29)41-44-42(33-26-32-16-7-8-17-34(32)37(27-33)30-14-5-2-6-15-30)46-43(45-41)36-19-11-21-39-40(36)35-18-9-10-20-38(35)47-39/h1-27,35,38H. The average molecular weight is 604 g/mol. The van der Waals surface area contributed by atoms with Crippen molar-refractivity contribution < 1.29 is 4.74 Å². The van der Waals surface area contributed by atoms with Crippen LogP contribution in [0.5, 0.6) is 5.75 Å². The molecule has 1 aromatic heterocycles. The van der Waals surface area contributed by atoms with Crippen LogP contribution in [0.4, 0.5) is 0 Å². The molecule has 2 unspecified atom stereocenters. The molecule has 0 bridgehead atoms. The Bertz CT molecular complexity index is 2330. The molecule has 222 valence electrons. The first-order valence-corrected chi connectivity index (χ1v) is 15.9. The Hall–Kier alpha value is -6.13. The first kappa shape index (κ1) is 27.2. The van der Waals surface area contributed by atoms with Gasteiger partial charge in [0.2, 0.25) is 0 Å². The van der Waals surface area contributed by atoms with Crippen LogP contribution in [0, 0.1) is 0 Å². The van der Waals surface area contributed by atoms with Gasteiger partial charge in [0.1, 0.15) is 11.9 Å². The number of rotatable bonds is 5. The molecule has 0 saturated carbocycles. The van der Waals surface area contributed by atoms with E-state index in [0.29, 0.717) is 17.5 Å². The molecule has 47 heavy (non-hydrogen) atoms. The molecule has 0 fully saturated rings. The first-order chi connectivity index (χ1) is 23.3. The lowest BCUT2D eigenvalue weighted by Crippen LogP contribution is -2.16. The Balaban J connectivity index is 1.25. The van der Waals surface area contributed by atoms with Gasteiger partial charge in [0.15, 0.2) is 17.5 Å². The Morgan fingerprint density at radius 2 is 1.09 bits per heavy atom. The molecule has 7 aromatic rings. The van der Waals surface area contributed by atoms with E-state index < -0.39 is 0 Å². The summed E-state index contributed by atoms with van der Waals surface area (Å²) in [4.78, 5) is 15.5. The lowest BCUT2D eigenvalue weighted by atomic mass is 9.88. The van der Waals surface area contributed by atoms with Crippen molar-refractivity contribution >= 4 is 10.8 Å². The van der Waals surface area contributed by atoms with Gasteiger partial charge in [0.05, 0.1) is 0 Å². The van der Waals surface area contributed by atoms with E-state index in [4.69, 9.17) is 19.7 Å². The zero-order chi connectivity index (χ0) is 31.2. The molecule has 0 amide bonds. The summed E-state index contributed by atoms with van der Waals surface area (Å²) in [6.07, 6.45) is 8.44. The fourth-order valence-electron chi connectivity index (χ4n) is 6.79. The molecule has 0 radical (unpaired) electrons. The van der Waals surface area contributed by atoms with Crippen LogP contribution in [-0.2, 0) is 0 Å². The maximum atomic E-state index is 6.36. The highest BCUT2D eigenvalue weighted by Gasteiger charge is 2.35. The van der Waals surface area contributed by atoms with Gasteiger partial charge in [0, 0.05) is 28.2 Å². The van der Waals surface area contributed by atoms with E-state index in [9.17, 15) is 0 Å². The summed E-state index contributed by atoms with van der Waals surface area (Å²) in [5.41, 5.74) is 8.56. The summed E-state index contributed by atoms with van der Waals surface area (Å²) in [5.74, 6) is 2.88. The summed E-state index contributed by atoms with van der Waals surface area (Å²) >= 11 is 0. The van der Waals surface area contributed by atoms with E-state index in [2.05, 4.69) is 140 Å². The molecule has 0 saturated heterocycles. The largest absolute Gasteiger partial charge is 0.485 e. The summed E-state index contributed by atoms with van der Waals surface area (Å²) < 4.78 is 6.36. The van der Waals surface area contributed by atoms with Crippen molar-refractivity contribution in [1.29, 1.82) is 0 Å². The van der Waals surface area contributed by atoms with Crippen molar-refractivity contribution in [2.24, 2.45) is 0 Å². The quantitative estimate of drug-likeness (QED) is 0.196. The van der Waals surface area contributed by atoms with Gasteiger partial charge in [-0.25, -0.2) is 15.0 Å². The molecule has 4 heteroatoms. The van der Waals surface area contributed by atoms with Crippen molar-refractivity contribution in [3.8, 4) is 62.2 Å². The summed E-state index contributed by atoms with van der Waals surface area (Å²) in [7, 11) is 0. The van der Waals surface area contributed by atoms with Crippen LogP contribution >= 0.6 is 0 Å². The highest BCUT2D eigenvalue weighted by molar-refractivity contribution is 5.99. The molecular formula is C43H29N3O. The van der Waals surface area contributed by atoms with Gasteiger partial charge in [-0.15, -0.1) is 0 Å². The minimum Gasteiger partial charge on any atom is -0.485 e. The van der Waals surface area contributed by atoms with Gasteiger partial charge in [0.25, 0.3) is 0 Å². The molecular weight excluding hydrogens is 574 g/mol. The molecule has 1 aliphatic carbocycles. The summed E-state index contributed by atoms with van der Waals surface area (Å²) in [5, 5.41) is 2.32. The van der Waals surface area contributed by atoms with Crippen LogP contribution in [-0.4, -0.2) is 21.1 Å². The highest BCUT2D eigenvalue weighted by Crippen LogP contribution is 2.46. The second-order valence-corrected chi connectivity index (χ2v) is 12.0. The zero-order valence-electron chi connectivity index (χ0n) is 25.5. The fraction of sp³-hybridized carbons (Fsp3) is 0.0465. The van der Waals surface area contributed by atoms with Gasteiger partial charge >= 0.3 is 0 Å². The molecule has 2 aliphatic rings. The van der Waals surface area contributed by atoms with Crippen molar-refractivity contribution in [3.05, 3.63) is 169 Å². The van der Waals surface area contributed by atoms with Crippen LogP contribution < -0.4 is 4.74 Å². The SMILES string of the molecule is C1=CC2Oc3cccc(-c4nc(-c5ccc(-c6ccccc6)cc5)nc(-c5cc(-c6ccccc6)c6ccccc6c5)n4)c3C2C=C1. The predicted octanol–water partition coefficient (Wildman–Crippen LogP) is 10.3. The molecule has 9 rings (SSSR count). The van der Waals surface area contributed by atoms with Crippen LogP contribution in [0.3, 0.4) is 0 Å². The first-order valence-electron chi connectivity index (χ1n) is 15.9. The Morgan fingerprint density at radius 1 is 0.447 bits per heavy atom. The number of fused-ring (bicyclic) bond motifs is 4. The third-order valence-corrected chi connectivity index (χ3v) is 9.08. The van der Waals surface area contributed by atoms with Crippen LogP contribution in [0.1, 0.15) is 11.5 Å². The van der Waals surface area contributed by atoms with E-state index in [-0.39, 0.29) is 12.0 Å². The third kappa shape index (κ3) is 4.91. The number of aromatic nitrogens is 3. The zero-order valence-corrected chi connectivity index (χ0v) is 25.5. The number of hydrogen-bond donors (Lipinski definition) is 0. The van der Waals surface area contributed by atoms with Crippen molar-refractivity contribution in [2.45, 2.75) is 12.0 Å². The molecule has 2 atom stereocenters. The maximum absolute atomic E-state index is 6.36. The molecule has 0 spiro atoms. The minimum atomic E-state index is -0.0311. The molecule has 1 aliphatic heterocycles. The topological polar surface area (TPSA) is 47.9 Å². The van der Waals surface area contributed by atoms with Gasteiger partial charge in [-0.2, -0.15) is 0 Å². The van der Waals surface area contributed by atoms with Crippen molar-refractivity contribution in [1.82, 2.24) is 15.0 Å². The molecule has 4 nitrogen and oxygen atoms in total. The number of ether oxygens (including phenoxy) is 1. The number of benzene rings is 6. The second-order valence-electron chi connectivity index (χ2n) is 12.0. The van der Waals surface area contributed by atoms with E-state index in [1.807, 2.05) is 24.3 Å². The Kier molecular flexibility index (Phi) is 6.57. The maximum Gasteiger partial charge on any atom is 0.164 e. The molecule has 0 N–H and O–H groups in total. The molecule has 6 aromatic carbocycles. The molecule has 2 heterocycles. The third-order valence-electron chi connectivity index (χ3n) is 9.08. The number of nitrogens with zero attached hydrogens (tertiary/aromatic N) is 3. The number of allylic oxidation sites excluding steroid dienone is 2. The summed E-state index contributed by atoms with van der Waals surface area (Å²) in [6.45, 7) is 0. The van der Waals surface area contributed by atoms with Gasteiger partial charge in [-0.3, -0.25) is 0 Å². The van der Waals surface area contributed by atoms with Gasteiger partial charge < -0.3 is 4.74 Å². The lowest BCUT2D eigenvalue weighted by molar-refractivity contribution is 0.269. The second kappa shape index (κ2) is 11.3. The minimum absolute atomic E-state index is 0.0311.